The zero-order valence-corrected chi connectivity index (χ0v) is 14.7. The summed E-state index contributed by atoms with van der Waals surface area (Å²) in [7, 11) is 0. The van der Waals surface area contributed by atoms with Crippen LogP contribution >= 0.6 is 0 Å². The summed E-state index contributed by atoms with van der Waals surface area (Å²) in [5.74, 6) is 0.942. The van der Waals surface area contributed by atoms with Gasteiger partial charge in [0.2, 0.25) is 18.1 Å². The highest BCUT2D eigenvalue weighted by molar-refractivity contribution is 7.89. The highest BCUT2D eigenvalue weighted by atomic mass is 32.2. The zero-order valence-electron chi connectivity index (χ0n) is 13.9. The van der Waals surface area contributed by atoms with E-state index in [-0.39, 0.29) is 11.3 Å². The average molecular weight is 348 g/mol. The number of rotatable bonds is 6. The molecular weight excluding hydrogens is 328 g/mol. The molecule has 0 saturated carbocycles. The van der Waals surface area contributed by atoms with Crippen LogP contribution in [0.25, 0.3) is 11.4 Å². The van der Waals surface area contributed by atoms with Gasteiger partial charge in [0.15, 0.2) is 0 Å². The van der Waals surface area contributed by atoms with Gasteiger partial charge in [-0.05, 0) is 38.8 Å². The molecule has 1 aromatic heterocycles. The highest BCUT2D eigenvalue weighted by Gasteiger charge is 2.43. The number of amides is 1. The monoisotopic (exact) mass is 348 g/mol. The van der Waals surface area contributed by atoms with Crippen LogP contribution in [0.4, 0.5) is 5.69 Å². The number of hydrogen-bond donors (Lipinski definition) is 1. The van der Waals surface area contributed by atoms with Crippen LogP contribution in [0.3, 0.4) is 0 Å². The standard InChI is InChI=1S/C16H20N4O3S/c1-10(2)24(22)20-7-6-14(20)16-18-15(19-23-16)12-5-4-11(3)13(8-12)17-9-21/h4-5,8-10,14H,6-7H2,1-3H3,(H,17,21). The lowest BCUT2D eigenvalue weighted by atomic mass is 10.1. The Hall–Kier alpha value is -1.90. The van der Waals surface area contributed by atoms with Crippen LogP contribution in [0.5, 0.6) is 0 Å². The Labute approximate surface area is 143 Å². The smallest absolute Gasteiger partial charge is 0.248 e. The highest BCUT2D eigenvalue weighted by Crippen LogP contribution is 2.37. The molecule has 7 nitrogen and oxygen atoms in total. The SMILES string of the molecule is Cc1ccc(-c2noc(C3CCN3[S+]([O-])C(C)C)n2)cc1NC=O. The molecule has 24 heavy (non-hydrogen) atoms. The van der Waals surface area contributed by atoms with Crippen LogP contribution in [0, 0.1) is 6.92 Å². The molecule has 0 spiro atoms. The Morgan fingerprint density at radius 2 is 2.29 bits per heavy atom. The van der Waals surface area contributed by atoms with E-state index in [1.807, 2.05) is 43.3 Å². The van der Waals surface area contributed by atoms with E-state index in [1.54, 1.807) is 0 Å². The molecule has 1 aliphatic rings. The van der Waals surface area contributed by atoms with Crippen LogP contribution in [-0.2, 0) is 16.2 Å². The fraction of sp³-hybridized carbons (Fsp3) is 0.438. The third kappa shape index (κ3) is 3.17. The molecule has 2 atom stereocenters. The summed E-state index contributed by atoms with van der Waals surface area (Å²) in [5.41, 5.74) is 2.42. The van der Waals surface area contributed by atoms with E-state index < -0.39 is 11.4 Å². The molecule has 1 fully saturated rings. The van der Waals surface area contributed by atoms with Crippen molar-refractivity contribution in [3.63, 3.8) is 0 Å². The molecular formula is C16H20N4O3S. The number of carbonyl (C=O) groups is 1. The Morgan fingerprint density at radius 1 is 1.50 bits per heavy atom. The summed E-state index contributed by atoms with van der Waals surface area (Å²) in [6, 6.07) is 5.49. The van der Waals surface area contributed by atoms with Gasteiger partial charge in [-0.2, -0.15) is 4.98 Å². The predicted octanol–water partition coefficient (Wildman–Crippen LogP) is 2.43. The number of benzene rings is 1. The molecule has 1 aromatic carbocycles. The van der Waals surface area contributed by atoms with Gasteiger partial charge in [0, 0.05) is 29.2 Å². The molecule has 0 aliphatic carbocycles. The van der Waals surface area contributed by atoms with Crippen LogP contribution in [0.15, 0.2) is 22.7 Å². The fourth-order valence-electron chi connectivity index (χ4n) is 2.56. The number of nitrogens with one attached hydrogen (secondary N) is 1. The van der Waals surface area contributed by atoms with Gasteiger partial charge in [-0.1, -0.05) is 17.3 Å². The summed E-state index contributed by atoms with van der Waals surface area (Å²) < 4.78 is 19.5. The number of anilines is 1. The molecule has 1 saturated heterocycles. The summed E-state index contributed by atoms with van der Waals surface area (Å²) in [5, 5.41) is 6.75. The van der Waals surface area contributed by atoms with Crippen molar-refractivity contribution in [3.05, 3.63) is 29.7 Å². The largest absolute Gasteiger partial charge is 0.598 e. The number of nitrogens with zero attached hydrogens (tertiary/aromatic N) is 3. The average Bonchev–Trinajstić information content (AvgIpc) is 2.97. The van der Waals surface area contributed by atoms with Crippen LogP contribution < -0.4 is 5.32 Å². The second kappa shape index (κ2) is 6.92. The first-order valence-electron chi connectivity index (χ1n) is 7.83. The summed E-state index contributed by atoms with van der Waals surface area (Å²) in [6.45, 7) is 6.53. The van der Waals surface area contributed by atoms with Crippen LogP contribution in [0.1, 0.15) is 37.8 Å². The molecule has 1 amide bonds. The second-order valence-electron chi connectivity index (χ2n) is 6.02. The van der Waals surface area contributed by atoms with Crippen molar-refractivity contribution in [2.75, 3.05) is 11.9 Å². The topological polar surface area (TPSA) is 94.3 Å². The lowest BCUT2D eigenvalue weighted by Crippen LogP contribution is -2.47. The van der Waals surface area contributed by atoms with Crippen molar-refractivity contribution in [1.82, 2.24) is 14.4 Å². The van der Waals surface area contributed by atoms with Gasteiger partial charge in [0.05, 0.1) is 0 Å². The van der Waals surface area contributed by atoms with Gasteiger partial charge in [-0.25, -0.2) is 0 Å². The lowest BCUT2D eigenvalue weighted by Gasteiger charge is -2.38. The Morgan fingerprint density at radius 3 is 2.92 bits per heavy atom. The molecule has 0 bridgehead atoms. The maximum atomic E-state index is 12.2. The van der Waals surface area contributed by atoms with E-state index in [9.17, 15) is 9.35 Å². The third-order valence-electron chi connectivity index (χ3n) is 4.04. The van der Waals surface area contributed by atoms with Crippen LogP contribution in [0.2, 0.25) is 0 Å². The van der Waals surface area contributed by atoms with E-state index >= 15 is 0 Å². The maximum absolute atomic E-state index is 12.2. The van der Waals surface area contributed by atoms with Crippen molar-refractivity contribution >= 4 is 23.5 Å². The first-order chi connectivity index (χ1) is 11.5. The molecule has 8 heteroatoms. The first kappa shape index (κ1) is 16.9. The number of aromatic nitrogens is 2. The molecule has 2 aromatic rings. The summed E-state index contributed by atoms with van der Waals surface area (Å²) in [6.07, 6.45) is 1.49. The quantitative estimate of drug-likeness (QED) is 0.636. The second-order valence-corrected chi connectivity index (χ2v) is 7.98. The first-order valence-corrected chi connectivity index (χ1v) is 9.00. The number of carbonyl (C=O) groups excluding carboxylic acids is 1. The molecule has 2 unspecified atom stereocenters. The van der Waals surface area contributed by atoms with Crippen molar-refractivity contribution < 1.29 is 13.9 Å². The zero-order chi connectivity index (χ0) is 17.3. The van der Waals surface area contributed by atoms with E-state index in [0.717, 1.165) is 24.1 Å². The van der Waals surface area contributed by atoms with Gasteiger partial charge in [0.1, 0.15) is 11.3 Å². The van der Waals surface area contributed by atoms with Crippen molar-refractivity contribution in [3.8, 4) is 11.4 Å². The number of hydrogen-bond acceptors (Lipinski definition) is 6. The van der Waals surface area contributed by atoms with Gasteiger partial charge < -0.3 is 14.4 Å². The maximum Gasteiger partial charge on any atom is 0.248 e. The molecule has 0 radical (unpaired) electrons. The molecule has 128 valence electrons. The Bertz CT molecular complexity index is 734. The minimum Gasteiger partial charge on any atom is -0.598 e. The van der Waals surface area contributed by atoms with Crippen LogP contribution in [-0.4, -0.2) is 37.2 Å². The predicted molar refractivity (Wildman–Crippen MR) is 91.5 cm³/mol. The van der Waals surface area contributed by atoms with E-state index in [1.165, 1.54) is 0 Å². The molecule has 1 N–H and O–H groups in total. The number of aryl methyl sites for hydroxylation is 1. The third-order valence-corrected chi connectivity index (χ3v) is 5.75. The fourth-order valence-corrected chi connectivity index (χ4v) is 3.84. The van der Waals surface area contributed by atoms with Gasteiger partial charge in [0.25, 0.3) is 0 Å². The van der Waals surface area contributed by atoms with Gasteiger partial charge >= 0.3 is 0 Å². The summed E-state index contributed by atoms with van der Waals surface area (Å²) in [4.78, 5) is 15.1. The minimum atomic E-state index is -1.05. The molecule has 1 aliphatic heterocycles. The van der Waals surface area contributed by atoms with Crippen molar-refractivity contribution in [2.45, 2.75) is 38.5 Å². The summed E-state index contributed by atoms with van der Waals surface area (Å²) >= 11 is -1.05. The lowest BCUT2D eigenvalue weighted by molar-refractivity contribution is -0.105. The molecule has 2 heterocycles. The van der Waals surface area contributed by atoms with Crippen molar-refractivity contribution in [1.29, 1.82) is 0 Å². The minimum absolute atomic E-state index is 0.0595. The van der Waals surface area contributed by atoms with E-state index in [4.69, 9.17) is 4.52 Å². The normalized spacial score (nSPS) is 19.1. The molecule has 3 rings (SSSR count). The Kier molecular flexibility index (Phi) is 4.88. The van der Waals surface area contributed by atoms with E-state index in [2.05, 4.69) is 15.5 Å². The van der Waals surface area contributed by atoms with Crippen molar-refractivity contribution in [2.24, 2.45) is 0 Å². The van der Waals surface area contributed by atoms with Gasteiger partial charge in [-0.3, -0.25) is 4.79 Å². The Balaban J connectivity index is 1.81. The van der Waals surface area contributed by atoms with Gasteiger partial charge in [-0.15, -0.1) is 4.31 Å². The van der Waals surface area contributed by atoms with E-state index in [0.29, 0.717) is 23.8 Å².